The predicted octanol–water partition coefficient (Wildman–Crippen LogP) is 0.773. The Hall–Kier alpha value is -0.580. The summed E-state index contributed by atoms with van der Waals surface area (Å²) < 4.78 is 12.1. The molecule has 5 heteroatoms. The Balaban J connectivity index is 3.13. The Morgan fingerprint density at radius 3 is 2.75 bits per heavy atom. The molecule has 0 saturated heterocycles. The molecule has 0 fully saturated rings. The Kier molecular flexibility index (Phi) is 1.48. The van der Waals surface area contributed by atoms with Gasteiger partial charge in [0.25, 0.3) is 5.95 Å². The summed E-state index contributed by atoms with van der Waals surface area (Å²) in [7, 11) is 0. The topological polar surface area (TPSA) is 38.7 Å². The van der Waals surface area contributed by atoms with Crippen molar-refractivity contribution in [1.29, 1.82) is 0 Å². The van der Waals surface area contributed by atoms with Gasteiger partial charge in [-0.15, -0.1) is 10.2 Å². The van der Waals surface area contributed by atoms with E-state index < -0.39 is 5.95 Å². The van der Waals surface area contributed by atoms with E-state index in [9.17, 15) is 4.39 Å². The first kappa shape index (κ1) is 5.55. The second-order valence-electron chi connectivity index (χ2n) is 1.04. The normalized spacial score (nSPS) is 9.25. The van der Waals surface area contributed by atoms with Gasteiger partial charge >= 0.3 is 0 Å². The van der Waals surface area contributed by atoms with Gasteiger partial charge in [0, 0.05) is 0 Å². The van der Waals surface area contributed by atoms with Gasteiger partial charge in [-0.2, -0.15) is 4.39 Å². The monoisotopic (exact) mass is 177 g/mol. The van der Waals surface area contributed by atoms with Gasteiger partial charge in [0.15, 0.2) is 4.60 Å². The highest BCUT2D eigenvalue weighted by Crippen LogP contribution is 2.04. The van der Waals surface area contributed by atoms with Crippen LogP contribution >= 0.6 is 15.9 Å². The maximum Gasteiger partial charge on any atom is 0.265 e. The Labute approximate surface area is 53.1 Å². The average Bonchev–Trinajstić information content (AvgIpc) is 1.77. The SMILES string of the molecule is Fc1nncnc1Br. The quantitative estimate of drug-likeness (QED) is 0.588. The van der Waals surface area contributed by atoms with E-state index in [1.54, 1.807) is 0 Å². The van der Waals surface area contributed by atoms with Gasteiger partial charge in [-0.1, -0.05) is 0 Å². The molecule has 1 aromatic rings. The van der Waals surface area contributed by atoms with Gasteiger partial charge in [-0.05, 0) is 15.9 Å². The van der Waals surface area contributed by atoms with E-state index in [2.05, 4.69) is 31.1 Å². The lowest BCUT2D eigenvalue weighted by atomic mass is 10.9. The second-order valence-corrected chi connectivity index (χ2v) is 1.79. The van der Waals surface area contributed by atoms with Crippen LogP contribution in [0.25, 0.3) is 0 Å². The molecule has 0 N–H and O–H groups in total. The summed E-state index contributed by atoms with van der Waals surface area (Å²) in [6.07, 6.45) is 1.16. The second kappa shape index (κ2) is 2.13. The number of aromatic nitrogens is 3. The van der Waals surface area contributed by atoms with Crippen LogP contribution in [-0.2, 0) is 0 Å². The third-order valence-corrected chi connectivity index (χ3v) is 1.07. The van der Waals surface area contributed by atoms with Crippen LogP contribution in [0, 0.1) is 5.95 Å². The van der Waals surface area contributed by atoms with Crippen molar-refractivity contribution in [2.45, 2.75) is 0 Å². The van der Waals surface area contributed by atoms with Crippen LogP contribution in [0.5, 0.6) is 0 Å². The minimum Gasteiger partial charge on any atom is -0.223 e. The molecule has 0 radical (unpaired) electrons. The zero-order chi connectivity index (χ0) is 5.98. The van der Waals surface area contributed by atoms with Gasteiger partial charge in [-0.3, -0.25) is 0 Å². The summed E-state index contributed by atoms with van der Waals surface area (Å²) in [5, 5.41) is 6.23. The van der Waals surface area contributed by atoms with Gasteiger partial charge < -0.3 is 0 Å². The van der Waals surface area contributed by atoms with Crippen LogP contribution in [0.4, 0.5) is 4.39 Å². The van der Waals surface area contributed by atoms with Gasteiger partial charge in [0.2, 0.25) is 0 Å². The van der Waals surface area contributed by atoms with Crippen LogP contribution in [0.15, 0.2) is 10.9 Å². The number of hydrogen-bond acceptors (Lipinski definition) is 3. The van der Waals surface area contributed by atoms with Crippen LogP contribution in [0.3, 0.4) is 0 Å². The fourth-order valence-corrected chi connectivity index (χ4v) is 0.418. The number of rotatable bonds is 0. The Bertz CT molecular complexity index is 171. The van der Waals surface area contributed by atoms with Crippen molar-refractivity contribution in [1.82, 2.24) is 15.2 Å². The van der Waals surface area contributed by atoms with Crippen molar-refractivity contribution < 1.29 is 4.39 Å². The molecular formula is C3HBrFN3. The summed E-state index contributed by atoms with van der Waals surface area (Å²) in [6.45, 7) is 0. The summed E-state index contributed by atoms with van der Waals surface area (Å²) in [5.74, 6) is -0.688. The molecule has 0 unspecified atom stereocenters. The Morgan fingerprint density at radius 1 is 1.62 bits per heavy atom. The van der Waals surface area contributed by atoms with Crippen LogP contribution in [0.1, 0.15) is 0 Å². The molecule has 8 heavy (non-hydrogen) atoms. The molecule has 1 rings (SSSR count). The average molecular weight is 178 g/mol. The fraction of sp³-hybridized carbons (Fsp3) is 0. The first-order chi connectivity index (χ1) is 3.80. The van der Waals surface area contributed by atoms with E-state index in [-0.39, 0.29) is 4.60 Å². The van der Waals surface area contributed by atoms with E-state index >= 15 is 0 Å². The molecule has 0 aromatic carbocycles. The smallest absolute Gasteiger partial charge is 0.223 e. The molecule has 0 atom stereocenters. The predicted molar refractivity (Wildman–Crippen MR) is 27.5 cm³/mol. The summed E-state index contributed by atoms with van der Waals surface area (Å²) in [5.41, 5.74) is 0. The molecule has 0 aliphatic heterocycles. The summed E-state index contributed by atoms with van der Waals surface area (Å²) >= 11 is 2.81. The molecule has 0 aliphatic rings. The summed E-state index contributed by atoms with van der Waals surface area (Å²) in [6, 6.07) is 0. The van der Waals surface area contributed by atoms with Crippen molar-refractivity contribution in [2.24, 2.45) is 0 Å². The number of hydrogen-bond donors (Lipinski definition) is 0. The van der Waals surface area contributed by atoms with Crippen molar-refractivity contribution in [3.63, 3.8) is 0 Å². The van der Waals surface area contributed by atoms with Crippen molar-refractivity contribution in [3.05, 3.63) is 16.9 Å². The van der Waals surface area contributed by atoms with Gasteiger partial charge in [0.05, 0.1) is 0 Å². The third kappa shape index (κ3) is 0.975. The zero-order valence-corrected chi connectivity index (χ0v) is 5.26. The van der Waals surface area contributed by atoms with Gasteiger partial charge in [-0.25, -0.2) is 4.98 Å². The maximum atomic E-state index is 12.0. The molecule has 0 aliphatic carbocycles. The van der Waals surface area contributed by atoms with Crippen molar-refractivity contribution in [3.8, 4) is 0 Å². The van der Waals surface area contributed by atoms with Gasteiger partial charge in [0.1, 0.15) is 6.33 Å². The standard InChI is InChI=1S/C3HBrFN3/c4-2-3(5)8-7-1-6-2/h1H. The van der Waals surface area contributed by atoms with Crippen molar-refractivity contribution in [2.75, 3.05) is 0 Å². The highest BCUT2D eigenvalue weighted by atomic mass is 79.9. The minimum absolute atomic E-state index is 0.0903. The third-order valence-electron chi connectivity index (χ3n) is 0.538. The van der Waals surface area contributed by atoms with Crippen molar-refractivity contribution >= 4 is 15.9 Å². The van der Waals surface area contributed by atoms with E-state index in [0.717, 1.165) is 6.33 Å². The molecule has 0 amide bonds. The van der Waals surface area contributed by atoms with E-state index in [1.165, 1.54) is 0 Å². The molecule has 0 saturated carbocycles. The highest BCUT2D eigenvalue weighted by molar-refractivity contribution is 9.10. The van der Waals surface area contributed by atoms with Crippen LogP contribution in [-0.4, -0.2) is 15.2 Å². The molecule has 3 nitrogen and oxygen atoms in total. The maximum absolute atomic E-state index is 12.0. The molecule has 1 heterocycles. The molecular weight excluding hydrogens is 177 g/mol. The number of nitrogens with zero attached hydrogens (tertiary/aromatic N) is 3. The molecule has 0 spiro atoms. The molecule has 1 aromatic heterocycles. The van der Waals surface area contributed by atoms with Crippen LogP contribution < -0.4 is 0 Å². The fourth-order valence-electron chi connectivity index (χ4n) is 0.248. The first-order valence-electron chi connectivity index (χ1n) is 1.79. The minimum atomic E-state index is -0.688. The lowest BCUT2D eigenvalue weighted by Crippen LogP contribution is -1.89. The molecule has 0 bridgehead atoms. The largest absolute Gasteiger partial charge is 0.265 e. The van der Waals surface area contributed by atoms with E-state index in [0.29, 0.717) is 0 Å². The number of halogens is 2. The Morgan fingerprint density at radius 2 is 2.38 bits per heavy atom. The first-order valence-corrected chi connectivity index (χ1v) is 2.58. The van der Waals surface area contributed by atoms with Crippen LogP contribution in [0.2, 0.25) is 0 Å². The lowest BCUT2D eigenvalue weighted by Gasteiger charge is -1.84. The highest BCUT2D eigenvalue weighted by Gasteiger charge is 1.96. The lowest BCUT2D eigenvalue weighted by molar-refractivity contribution is 0.544. The van der Waals surface area contributed by atoms with E-state index in [4.69, 9.17) is 0 Å². The zero-order valence-electron chi connectivity index (χ0n) is 3.67. The van der Waals surface area contributed by atoms with E-state index in [1.807, 2.05) is 0 Å². The molecule has 42 valence electrons. The summed E-state index contributed by atoms with van der Waals surface area (Å²) in [4.78, 5) is 3.45.